The van der Waals surface area contributed by atoms with Crippen molar-refractivity contribution in [3.63, 3.8) is 0 Å². The van der Waals surface area contributed by atoms with Crippen molar-refractivity contribution >= 4 is 6.03 Å². The van der Waals surface area contributed by atoms with E-state index in [0.29, 0.717) is 12.3 Å². The van der Waals surface area contributed by atoms with E-state index < -0.39 is 0 Å². The van der Waals surface area contributed by atoms with Crippen LogP contribution in [0.25, 0.3) is 0 Å². The van der Waals surface area contributed by atoms with Crippen LogP contribution in [0.2, 0.25) is 0 Å². The summed E-state index contributed by atoms with van der Waals surface area (Å²) in [6, 6.07) is 12.6. The highest BCUT2D eigenvalue weighted by Crippen LogP contribution is 2.40. The first-order valence-corrected chi connectivity index (χ1v) is 11.1. The maximum atomic E-state index is 12.4. The largest absolute Gasteiger partial charge is 0.493 e. The predicted octanol–water partition coefficient (Wildman–Crippen LogP) is 4.21. The lowest BCUT2D eigenvalue weighted by atomic mass is 9.87. The predicted molar refractivity (Wildman–Crippen MR) is 124 cm³/mol. The highest BCUT2D eigenvalue weighted by atomic mass is 16.5. The number of carbonyl (C=O) groups excluding carboxylic acids is 1. The minimum Gasteiger partial charge on any atom is -0.493 e. The van der Waals surface area contributed by atoms with Gasteiger partial charge in [-0.05, 0) is 55.5 Å². The van der Waals surface area contributed by atoms with Crippen molar-refractivity contribution in [1.29, 1.82) is 0 Å². The van der Waals surface area contributed by atoms with Gasteiger partial charge in [-0.3, -0.25) is 4.90 Å². The molecule has 3 rings (SSSR count). The lowest BCUT2D eigenvalue weighted by Gasteiger charge is -2.41. The molecule has 1 aliphatic heterocycles. The van der Waals surface area contributed by atoms with Crippen molar-refractivity contribution in [2.45, 2.75) is 52.2 Å². The molecule has 31 heavy (non-hydrogen) atoms. The molecular formula is C25H35N3O3. The summed E-state index contributed by atoms with van der Waals surface area (Å²) in [4.78, 5) is 14.9. The summed E-state index contributed by atoms with van der Waals surface area (Å²) in [7, 11) is 3.32. The summed E-state index contributed by atoms with van der Waals surface area (Å²) in [5, 5.41) is 6.08. The molecular weight excluding hydrogens is 390 g/mol. The standard InChI is InChI=1S/C25H35N3O3/c1-6-12-26-25(29)27-18(3)24-21-15-23(31-5)22(30-4)14-20(21)11-13-28(24)16-19-9-7-17(2)8-10-19/h7-10,14-15,18,24H,6,11-13,16H2,1-5H3,(H2,26,27,29)/t18-,24-/m1/s1. The average molecular weight is 426 g/mol. The Bertz CT molecular complexity index is 882. The van der Waals surface area contributed by atoms with Crippen LogP contribution in [-0.4, -0.2) is 44.3 Å². The number of methoxy groups -OCH3 is 2. The number of carbonyl (C=O) groups is 1. The fraction of sp³-hybridized carbons (Fsp3) is 0.480. The Labute approximate surface area is 185 Å². The molecule has 0 saturated carbocycles. The molecule has 0 bridgehead atoms. The first-order chi connectivity index (χ1) is 15.0. The van der Waals surface area contributed by atoms with Crippen LogP contribution in [-0.2, 0) is 13.0 Å². The van der Waals surface area contributed by atoms with Crippen molar-refractivity contribution in [3.05, 3.63) is 58.7 Å². The zero-order valence-corrected chi connectivity index (χ0v) is 19.3. The molecule has 0 aromatic heterocycles. The Morgan fingerprint density at radius 2 is 1.84 bits per heavy atom. The van der Waals surface area contributed by atoms with Crippen molar-refractivity contribution in [1.82, 2.24) is 15.5 Å². The minimum atomic E-state index is -0.128. The van der Waals surface area contributed by atoms with Gasteiger partial charge in [-0.1, -0.05) is 36.8 Å². The van der Waals surface area contributed by atoms with E-state index in [-0.39, 0.29) is 18.1 Å². The number of hydrogen-bond acceptors (Lipinski definition) is 4. The van der Waals surface area contributed by atoms with Gasteiger partial charge in [-0.25, -0.2) is 4.79 Å². The Balaban J connectivity index is 1.93. The number of hydrogen-bond donors (Lipinski definition) is 2. The molecule has 168 valence electrons. The van der Waals surface area contributed by atoms with Crippen LogP contribution in [0.15, 0.2) is 36.4 Å². The molecule has 0 fully saturated rings. The van der Waals surface area contributed by atoms with Crippen molar-refractivity contribution in [2.24, 2.45) is 0 Å². The quantitative estimate of drug-likeness (QED) is 0.665. The molecule has 6 nitrogen and oxygen atoms in total. The fourth-order valence-corrected chi connectivity index (χ4v) is 4.29. The Morgan fingerprint density at radius 3 is 2.48 bits per heavy atom. The first-order valence-electron chi connectivity index (χ1n) is 11.1. The third kappa shape index (κ3) is 5.50. The molecule has 2 amide bonds. The third-order valence-corrected chi connectivity index (χ3v) is 5.90. The van der Waals surface area contributed by atoms with E-state index >= 15 is 0 Å². The van der Waals surface area contributed by atoms with Gasteiger partial charge in [0.25, 0.3) is 0 Å². The smallest absolute Gasteiger partial charge is 0.315 e. The van der Waals surface area contributed by atoms with Gasteiger partial charge in [0.1, 0.15) is 0 Å². The van der Waals surface area contributed by atoms with Gasteiger partial charge in [0.05, 0.1) is 20.3 Å². The second-order valence-electron chi connectivity index (χ2n) is 8.25. The van der Waals surface area contributed by atoms with Crippen molar-refractivity contribution < 1.29 is 14.3 Å². The molecule has 0 saturated heterocycles. The number of rotatable bonds is 8. The van der Waals surface area contributed by atoms with Crippen LogP contribution in [0.1, 0.15) is 48.6 Å². The molecule has 0 aliphatic carbocycles. The Kier molecular flexibility index (Phi) is 7.80. The van der Waals surface area contributed by atoms with E-state index in [2.05, 4.69) is 65.8 Å². The molecule has 2 atom stereocenters. The first kappa shape index (κ1) is 22.9. The topological polar surface area (TPSA) is 62.8 Å². The van der Waals surface area contributed by atoms with Crippen LogP contribution in [0.3, 0.4) is 0 Å². The number of urea groups is 1. The van der Waals surface area contributed by atoms with E-state index in [0.717, 1.165) is 31.7 Å². The molecule has 6 heteroatoms. The third-order valence-electron chi connectivity index (χ3n) is 5.90. The van der Waals surface area contributed by atoms with Gasteiger partial charge in [-0.2, -0.15) is 0 Å². The van der Waals surface area contributed by atoms with E-state index in [4.69, 9.17) is 9.47 Å². The Morgan fingerprint density at radius 1 is 1.16 bits per heavy atom. The molecule has 0 radical (unpaired) electrons. The number of ether oxygens (including phenoxy) is 2. The summed E-state index contributed by atoms with van der Waals surface area (Å²) in [6.07, 6.45) is 1.83. The highest BCUT2D eigenvalue weighted by molar-refractivity contribution is 5.74. The van der Waals surface area contributed by atoms with Gasteiger partial charge >= 0.3 is 6.03 Å². The average Bonchev–Trinajstić information content (AvgIpc) is 2.77. The van der Waals surface area contributed by atoms with Crippen LogP contribution in [0, 0.1) is 6.92 Å². The maximum absolute atomic E-state index is 12.4. The molecule has 0 spiro atoms. The van der Waals surface area contributed by atoms with Crippen LogP contribution in [0.4, 0.5) is 4.79 Å². The van der Waals surface area contributed by atoms with E-state index in [1.807, 2.05) is 6.92 Å². The normalized spacial score (nSPS) is 16.9. The highest BCUT2D eigenvalue weighted by Gasteiger charge is 2.33. The van der Waals surface area contributed by atoms with Gasteiger partial charge in [0.2, 0.25) is 0 Å². The summed E-state index contributed by atoms with van der Waals surface area (Å²) < 4.78 is 11.1. The summed E-state index contributed by atoms with van der Waals surface area (Å²) in [5.41, 5.74) is 4.94. The van der Waals surface area contributed by atoms with Gasteiger partial charge in [0, 0.05) is 25.7 Å². The number of fused-ring (bicyclic) bond motifs is 1. The van der Waals surface area contributed by atoms with Crippen LogP contribution < -0.4 is 20.1 Å². The molecule has 1 heterocycles. The molecule has 2 N–H and O–H groups in total. The molecule has 0 unspecified atom stereocenters. The number of nitrogens with zero attached hydrogens (tertiary/aromatic N) is 1. The van der Waals surface area contributed by atoms with E-state index in [9.17, 15) is 4.79 Å². The van der Waals surface area contributed by atoms with Crippen LogP contribution >= 0.6 is 0 Å². The zero-order chi connectivity index (χ0) is 22.4. The summed E-state index contributed by atoms with van der Waals surface area (Å²) in [6.45, 7) is 8.61. The number of aryl methyl sites for hydroxylation is 1. The second-order valence-corrected chi connectivity index (χ2v) is 8.25. The van der Waals surface area contributed by atoms with Crippen LogP contribution in [0.5, 0.6) is 11.5 Å². The second kappa shape index (κ2) is 10.5. The molecule has 2 aromatic carbocycles. The van der Waals surface area contributed by atoms with Crippen molar-refractivity contribution in [3.8, 4) is 11.5 Å². The summed E-state index contributed by atoms with van der Waals surface area (Å²) in [5.74, 6) is 1.46. The fourth-order valence-electron chi connectivity index (χ4n) is 4.29. The SMILES string of the molecule is CCCNC(=O)N[C@H](C)[C@@H]1c2cc(OC)c(OC)cc2CCN1Cc1ccc(C)cc1. The van der Waals surface area contributed by atoms with Gasteiger partial charge < -0.3 is 20.1 Å². The van der Waals surface area contributed by atoms with E-state index in [1.54, 1.807) is 14.2 Å². The van der Waals surface area contributed by atoms with Gasteiger partial charge in [0.15, 0.2) is 11.5 Å². The Hall–Kier alpha value is -2.73. The molecule has 2 aromatic rings. The molecule has 1 aliphatic rings. The maximum Gasteiger partial charge on any atom is 0.315 e. The lowest BCUT2D eigenvalue weighted by Crippen LogP contribution is -2.49. The number of benzene rings is 2. The van der Waals surface area contributed by atoms with Crippen molar-refractivity contribution in [2.75, 3.05) is 27.3 Å². The van der Waals surface area contributed by atoms with E-state index in [1.165, 1.54) is 22.3 Å². The monoisotopic (exact) mass is 425 g/mol. The zero-order valence-electron chi connectivity index (χ0n) is 19.3. The lowest BCUT2D eigenvalue weighted by molar-refractivity contribution is 0.143. The minimum absolute atomic E-state index is 0.0252. The number of amides is 2. The number of nitrogens with one attached hydrogen (secondary N) is 2. The summed E-state index contributed by atoms with van der Waals surface area (Å²) >= 11 is 0. The van der Waals surface area contributed by atoms with Gasteiger partial charge in [-0.15, -0.1) is 0 Å².